The second-order valence-corrected chi connectivity index (χ2v) is 5.71. The molecule has 0 bridgehead atoms. The van der Waals surface area contributed by atoms with Gasteiger partial charge in [0, 0.05) is 19.5 Å². The highest BCUT2D eigenvalue weighted by Crippen LogP contribution is 2.18. The zero-order valence-electron chi connectivity index (χ0n) is 13.7. The lowest BCUT2D eigenvalue weighted by Crippen LogP contribution is -2.30. The number of carbonyl (C=O) groups is 2. The Labute approximate surface area is 138 Å². The van der Waals surface area contributed by atoms with Crippen molar-refractivity contribution in [2.45, 2.75) is 26.2 Å². The van der Waals surface area contributed by atoms with Crippen LogP contribution in [0.25, 0.3) is 5.69 Å². The van der Waals surface area contributed by atoms with Gasteiger partial charge in [0.1, 0.15) is 11.6 Å². The molecule has 0 atom stereocenters. The second kappa shape index (κ2) is 7.20. The molecule has 0 aliphatic heterocycles. The van der Waals surface area contributed by atoms with Gasteiger partial charge < -0.3 is 10.0 Å². The summed E-state index contributed by atoms with van der Waals surface area (Å²) >= 11 is 0. The summed E-state index contributed by atoms with van der Waals surface area (Å²) in [5, 5.41) is 12.9. The Morgan fingerprint density at radius 2 is 2.08 bits per heavy atom. The Morgan fingerprint density at radius 1 is 1.38 bits per heavy atom. The van der Waals surface area contributed by atoms with Crippen molar-refractivity contribution in [2.75, 3.05) is 13.6 Å². The van der Waals surface area contributed by atoms with Gasteiger partial charge >= 0.3 is 5.97 Å². The molecule has 0 fully saturated rings. The number of carbonyl (C=O) groups excluding carboxylic acids is 1. The van der Waals surface area contributed by atoms with Crippen LogP contribution in [0.15, 0.2) is 24.3 Å². The van der Waals surface area contributed by atoms with E-state index in [0.29, 0.717) is 11.5 Å². The van der Waals surface area contributed by atoms with Crippen molar-refractivity contribution in [3.63, 3.8) is 0 Å². The fourth-order valence-corrected chi connectivity index (χ4v) is 2.12. The quantitative estimate of drug-likeness (QED) is 0.874. The fourth-order valence-electron chi connectivity index (χ4n) is 2.12. The van der Waals surface area contributed by atoms with E-state index in [4.69, 9.17) is 5.11 Å². The number of aromatic nitrogens is 3. The third-order valence-corrected chi connectivity index (χ3v) is 3.40. The molecule has 1 amide bonds. The third kappa shape index (κ3) is 3.95. The summed E-state index contributed by atoms with van der Waals surface area (Å²) in [5.41, 5.74) is 0.471. The van der Waals surface area contributed by atoms with Crippen LogP contribution in [-0.2, 0) is 4.79 Å². The first kappa shape index (κ1) is 17.6. The molecule has 0 unspecified atom stereocenters. The molecule has 1 aromatic carbocycles. The van der Waals surface area contributed by atoms with E-state index in [9.17, 15) is 14.0 Å². The van der Waals surface area contributed by atoms with E-state index in [1.54, 1.807) is 12.1 Å². The highest BCUT2D eigenvalue weighted by atomic mass is 19.1. The van der Waals surface area contributed by atoms with Crippen LogP contribution in [0, 0.1) is 5.82 Å². The Bertz CT molecular complexity index is 758. The molecule has 7 nitrogen and oxygen atoms in total. The Kier molecular flexibility index (Phi) is 5.28. The lowest BCUT2D eigenvalue weighted by Gasteiger charge is -2.13. The zero-order valence-corrected chi connectivity index (χ0v) is 13.7. The van der Waals surface area contributed by atoms with Crippen LogP contribution in [0.1, 0.15) is 42.6 Å². The maximum Gasteiger partial charge on any atom is 0.305 e. The standard InChI is InChI=1S/C16H19FN4O3/c1-10(2)15-18-14(16(24)20(3)8-7-13(22)23)19-21(15)12-6-4-5-11(17)9-12/h4-6,9-10H,7-8H2,1-3H3,(H,22,23). The summed E-state index contributed by atoms with van der Waals surface area (Å²) in [6, 6.07) is 5.85. The molecule has 2 rings (SSSR count). The van der Waals surface area contributed by atoms with Crippen molar-refractivity contribution < 1.29 is 19.1 Å². The Balaban J connectivity index is 2.34. The van der Waals surface area contributed by atoms with Crippen molar-refractivity contribution in [3.8, 4) is 5.69 Å². The molecule has 1 aromatic heterocycles. The number of benzene rings is 1. The molecule has 2 aromatic rings. The van der Waals surface area contributed by atoms with Gasteiger partial charge in [0.2, 0.25) is 5.82 Å². The first-order valence-electron chi connectivity index (χ1n) is 7.49. The maximum absolute atomic E-state index is 13.5. The first-order valence-corrected chi connectivity index (χ1v) is 7.49. The normalized spacial score (nSPS) is 10.9. The van der Waals surface area contributed by atoms with Gasteiger partial charge in [-0.3, -0.25) is 9.59 Å². The van der Waals surface area contributed by atoms with E-state index in [1.165, 1.54) is 28.8 Å². The highest BCUT2D eigenvalue weighted by Gasteiger charge is 2.22. The lowest BCUT2D eigenvalue weighted by molar-refractivity contribution is -0.137. The van der Waals surface area contributed by atoms with E-state index < -0.39 is 17.7 Å². The number of halogens is 1. The summed E-state index contributed by atoms with van der Waals surface area (Å²) in [6.45, 7) is 3.84. The number of rotatable bonds is 6. The number of hydrogen-bond donors (Lipinski definition) is 1. The van der Waals surface area contributed by atoms with Gasteiger partial charge in [0.05, 0.1) is 12.1 Å². The van der Waals surface area contributed by atoms with E-state index in [0.717, 1.165) is 0 Å². The SMILES string of the molecule is CC(C)c1nc(C(=O)N(C)CCC(=O)O)nn1-c1cccc(F)c1. The fraction of sp³-hybridized carbons (Fsp3) is 0.375. The first-order chi connectivity index (χ1) is 11.3. The molecule has 8 heteroatoms. The van der Waals surface area contributed by atoms with Crippen molar-refractivity contribution in [1.82, 2.24) is 19.7 Å². The van der Waals surface area contributed by atoms with Gasteiger partial charge in [-0.2, -0.15) is 0 Å². The van der Waals surface area contributed by atoms with Crippen LogP contribution in [0.5, 0.6) is 0 Å². The number of carboxylic acids is 1. The maximum atomic E-state index is 13.5. The minimum atomic E-state index is -0.990. The monoisotopic (exact) mass is 334 g/mol. The molecule has 0 saturated heterocycles. The summed E-state index contributed by atoms with van der Waals surface area (Å²) < 4.78 is 14.9. The molecule has 1 N–H and O–H groups in total. The molecule has 0 saturated carbocycles. The van der Waals surface area contributed by atoms with Gasteiger partial charge in [-0.15, -0.1) is 5.10 Å². The minimum Gasteiger partial charge on any atom is -0.481 e. The number of nitrogens with zero attached hydrogens (tertiary/aromatic N) is 4. The molecule has 0 spiro atoms. The molecule has 24 heavy (non-hydrogen) atoms. The molecule has 0 radical (unpaired) electrons. The number of carboxylic acid groups (broad SMARTS) is 1. The zero-order chi connectivity index (χ0) is 17.9. The topological polar surface area (TPSA) is 88.3 Å². The predicted molar refractivity (Wildman–Crippen MR) is 84.6 cm³/mol. The van der Waals surface area contributed by atoms with Crippen molar-refractivity contribution >= 4 is 11.9 Å². The molecule has 0 aliphatic rings. The van der Waals surface area contributed by atoms with Crippen LogP contribution >= 0.6 is 0 Å². The van der Waals surface area contributed by atoms with Crippen molar-refractivity contribution in [2.24, 2.45) is 0 Å². The largest absolute Gasteiger partial charge is 0.481 e. The van der Waals surface area contributed by atoms with E-state index in [1.807, 2.05) is 13.8 Å². The van der Waals surface area contributed by atoms with Gasteiger partial charge in [-0.05, 0) is 18.2 Å². The molecular weight excluding hydrogens is 315 g/mol. The van der Waals surface area contributed by atoms with Crippen molar-refractivity contribution in [1.29, 1.82) is 0 Å². The van der Waals surface area contributed by atoms with E-state index >= 15 is 0 Å². The van der Waals surface area contributed by atoms with Crippen LogP contribution in [0.4, 0.5) is 4.39 Å². The molecule has 0 aliphatic carbocycles. The Morgan fingerprint density at radius 3 is 2.67 bits per heavy atom. The summed E-state index contributed by atoms with van der Waals surface area (Å²) in [5.74, 6) is -1.44. The minimum absolute atomic E-state index is 0.0355. The number of hydrogen-bond acceptors (Lipinski definition) is 4. The van der Waals surface area contributed by atoms with E-state index in [-0.39, 0.29) is 24.7 Å². The van der Waals surface area contributed by atoms with Crippen LogP contribution < -0.4 is 0 Å². The average Bonchev–Trinajstić information content (AvgIpc) is 2.97. The van der Waals surface area contributed by atoms with Gasteiger partial charge in [0.25, 0.3) is 5.91 Å². The van der Waals surface area contributed by atoms with Crippen LogP contribution in [0.3, 0.4) is 0 Å². The Hall–Kier alpha value is -2.77. The average molecular weight is 334 g/mol. The highest BCUT2D eigenvalue weighted by molar-refractivity contribution is 5.90. The summed E-state index contributed by atoms with van der Waals surface area (Å²) in [4.78, 5) is 28.5. The predicted octanol–water partition coefficient (Wildman–Crippen LogP) is 2.08. The number of aliphatic carboxylic acids is 1. The van der Waals surface area contributed by atoms with Crippen LogP contribution in [-0.4, -0.2) is 50.2 Å². The van der Waals surface area contributed by atoms with E-state index in [2.05, 4.69) is 10.1 Å². The second-order valence-electron chi connectivity index (χ2n) is 5.71. The lowest BCUT2D eigenvalue weighted by atomic mass is 10.2. The van der Waals surface area contributed by atoms with Crippen LogP contribution in [0.2, 0.25) is 0 Å². The number of amides is 1. The van der Waals surface area contributed by atoms with Crippen molar-refractivity contribution in [3.05, 3.63) is 41.7 Å². The third-order valence-electron chi connectivity index (χ3n) is 3.40. The molecular formula is C16H19FN4O3. The molecule has 1 heterocycles. The molecule has 128 valence electrons. The summed E-state index contributed by atoms with van der Waals surface area (Å²) in [6.07, 6.45) is -0.163. The van der Waals surface area contributed by atoms with Gasteiger partial charge in [0.15, 0.2) is 0 Å². The van der Waals surface area contributed by atoms with Gasteiger partial charge in [-0.1, -0.05) is 19.9 Å². The smallest absolute Gasteiger partial charge is 0.305 e. The van der Waals surface area contributed by atoms with Gasteiger partial charge in [-0.25, -0.2) is 14.1 Å². The summed E-state index contributed by atoms with van der Waals surface area (Å²) in [7, 11) is 1.49.